The summed E-state index contributed by atoms with van der Waals surface area (Å²) >= 11 is 0. The van der Waals surface area contributed by atoms with E-state index >= 15 is 0 Å². The summed E-state index contributed by atoms with van der Waals surface area (Å²) in [4.78, 5) is 25.7. The Morgan fingerprint density at radius 1 is 1.15 bits per heavy atom. The molecule has 0 N–H and O–H groups in total. The lowest BCUT2D eigenvalue weighted by Gasteiger charge is -2.09. The van der Waals surface area contributed by atoms with E-state index in [-0.39, 0.29) is 23.9 Å². The number of rotatable bonds is 9. The minimum Gasteiger partial charge on any atom is -0.453 e. The van der Waals surface area contributed by atoms with Crippen LogP contribution in [-0.2, 0) is 28.9 Å². The molecule has 0 amide bonds. The topological polar surface area (TPSA) is 75.3 Å². The highest BCUT2D eigenvalue weighted by atomic mass is 19.1. The summed E-state index contributed by atoms with van der Waals surface area (Å²) in [6.07, 6.45) is 3.25. The van der Waals surface area contributed by atoms with E-state index in [0.29, 0.717) is 17.9 Å². The Morgan fingerprint density at radius 3 is 2.64 bits per heavy atom. The summed E-state index contributed by atoms with van der Waals surface area (Å²) in [6.45, 7) is 4.90. The van der Waals surface area contributed by atoms with Gasteiger partial charge in [0.1, 0.15) is 5.82 Å². The molecule has 3 aromatic rings. The molecule has 2 heterocycles. The second-order valence-electron chi connectivity index (χ2n) is 8.30. The van der Waals surface area contributed by atoms with E-state index in [4.69, 9.17) is 9.47 Å². The number of aromatic nitrogens is 3. The second kappa shape index (κ2) is 9.70. The van der Waals surface area contributed by atoms with E-state index in [2.05, 4.69) is 9.67 Å². The summed E-state index contributed by atoms with van der Waals surface area (Å²) in [5.74, 6) is -1.20. The Morgan fingerprint density at radius 2 is 1.91 bits per heavy atom. The van der Waals surface area contributed by atoms with Crippen molar-refractivity contribution in [2.45, 2.75) is 46.1 Å². The van der Waals surface area contributed by atoms with E-state index in [9.17, 15) is 14.0 Å². The van der Waals surface area contributed by atoms with Gasteiger partial charge in [-0.1, -0.05) is 0 Å². The van der Waals surface area contributed by atoms with Gasteiger partial charge in [0.15, 0.2) is 12.3 Å². The molecule has 8 heteroatoms. The first-order valence-electron chi connectivity index (χ1n) is 11.1. The molecule has 0 fully saturated rings. The number of fused-ring (bicyclic) bond motifs is 1. The summed E-state index contributed by atoms with van der Waals surface area (Å²) < 4.78 is 27.6. The van der Waals surface area contributed by atoms with Gasteiger partial charge >= 0.3 is 5.97 Å². The molecular weight excluding hydrogens is 425 g/mol. The van der Waals surface area contributed by atoms with Gasteiger partial charge in [0.2, 0.25) is 5.78 Å². The van der Waals surface area contributed by atoms with Crippen molar-refractivity contribution in [2.24, 2.45) is 0 Å². The molecule has 0 unspecified atom stereocenters. The largest absolute Gasteiger partial charge is 0.453 e. The van der Waals surface area contributed by atoms with E-state index in [1.54, 1.807) is 23.9 Å². The van der Waals surface area contributed by atoms with Crippen molar-refractivity contribution >= 4 is 11.8 Å². The Bertz CT molecular complexity index is 1180. The highest BCUT2D eigenvalue weighted by molar-refractivity contribution is 6.00. The minimum atomic E-state index is -0.615. The van der Waals surface area contributed by atoms with Crippen LogP contribution in [0.15, 0.2) is 30.3 Å². The molecule has 1 aromatic carbocycles. The van der Waals surface area contributed by atoms with Crippen LogP contribution in [0.5, 0.6) is 0 Å². The first kappa shape index (κ1) is 22.9. The smallest absolute Gasteiger partial charge is 0.359 e. The third-order valence-corrected chi connectivity index (χ3v) is 6.13. The fourth-order valence-corrected chi connectivity index (χ4v) is 4.47. The van der Waals surface area contributed by atoms with Crippen LogP contribution >= 0.6 is 0 Å². The summed E-state index contributed by atoms with van der Waals surface area (Å²) in [7, 11) is 1.66. The predicted octanol–water partition coefficient (Wildman–Crippen LogP) is 3.99. The van der Waals surface area contributed by atoms with Crippen molar-refractivity contribution in [1.29, 1.82) is 0 Å². The average Bonchev–Trinajstić information content (AvgIpc) is 3.48. The maximum atomic E-state index is 13.3. The van der Waals surface area contributed by atoms with Gasteiger partial charge < -0.3 is 14.0 Å². The van der Waals surface area contributed by atoms with Gasteiger partial charge in [-0.3, -0.25) is 4.79 Å². The summed E-state index contributed by atoms with van der Waals surface area (Å²) in [5, 5.41) is 4.45. The third kappa shape index (κ3) is 4.61. The standard InChI is InChI=1S/C25H28FN3O4/c1-16-14-21(17(2)28(16)12-5-13-32-3)23(30)15-33-25(31)24-20-6-4-7-22(20)29(27-24)19-10-8-18(26)9-11-19/h8-11,14H,4-7,12-13,15H2,1-3H3. The van der Waals surface area contributed by atoms with Crippen molar-refractivity contribution in [3.05, 3.63) is 70.1 Å². The van der Waals surface area contributed by atoms with Crippen LogP contribution < -0.4 is 0 Å². The van der Waals surface area contributed by atoms with Crippen LogP contribution in [0.25, 0.3) is 5.69 Å². The van der Waals surface area contributed by atoms with Crippen molar-refractivity contribution in [3.63, 3.8) is 0 Å². The van der Waals surface area contributed by atoms with Gasteiger partial charge in [-0.15, -0.1) is 0 Å². The molecule has 33 heavy (non-hydrogen) atoms. The van der Waals surface area contributed by atoms with E-state index < -0.39 is 5.97 Å². The molecule has 4 rings (SSSR count). The number of halogens is 1. The number of ether oxygens (including phenoxy) is 2. The van der Waals surface area contributed by atoms with E-state index in [1.165, 1.54) is 12.1 Å². The molecule has 0 atom stereocenters. The van der Waals surface area contributed by atoms with Crippen molar-refractivity contribution < 1.29 is 23.5 Å². The number of hydrogen-bond donors (Lipinski definition) is 0. The molecule has 1 aliphatic carbocycles. The van der Waals surface area contributed by atoms with Gasteiger partial charge in [0.05, 0.1) is 5.69 Å². The SMILES string of the molecule is COCCCn1c(C)cc(C(=O)COC(=O)c2nn(-c3ccc(F)cc3)c3c2CCC3)c1C. The highest BCUT2D eigenvalue weighted by Gasteiger charge is 2.28. The van der Waals surface area contributed by atoms with Crippen LogP contribution in [-0.4, -0.2) is 46.4 Å². The molecule has 0 bridgehead atoms. The van der Waals surface area contributed by atoms with E-state index in [1.807, 2.05) is 19.9 Å². The van der Waals surface area contributed by atoms with Crippen molar-refractivity contribution in [2.75, 3.05) is 20.3 Å². The maximum Gasteiger partial charge on any atom is 0.359 e. The normalized spacial score (nSPS) is 12.7. The van der Waals surface area contributed by atoms with Crippen molar-refractivity contribution in [1.82, 2.24) is 14.3 Å². The number of nitrogens with zero attached hydrogens (tertiary/aromatic N) is 3. The first-order valence-corrected chi connectivity index (χ1v) is 11.1. The third-order valence-electron chi connectivity index (χ3n) is 6.13. The molecule has 0 saturated heterocycles. The van der Waals surface area contributed by atoms with Gasteiger partial charge in [-0.05, 0) is 69.9 Å². The summed E-state index contributed by atoms with van der Waals surface area (Å²) in [6, 6.07) is 7.81. The monoisotopic (exact) mass is 453 g/mol. The first-order chi connectivity index (χ1) is 15.9. The van der Waals surface area contributed by atoms with Crippen LogP contribution in [0.1, 0.15) is 56.3 Å². The molecule has 0 spiro atoms. The molecule has 0 aliphatic heterocycles. The molecule has 7 nitrogen and oxygen atoms in total. The molecule has 1 aliphatic rings. The zero-order valence-electron chi connectivity index (χ0n) is 19.2. The van der Waals surface area contributed by atoms with Crippen LogP contribution in [0, 0.1) is 19.7 Å². The quantitative estimate of drug-likeness (QED) is 0.278. The Labute approximate surface area is 192 Å². The highest BCUT2D eigenvalue weighted by Crippen LogP contribution is 2.28. The Kier molecular flexibility index (Phi) is 6.74. The lowest BCUT2D eigenvalue weighted by molar-refractivity contribution is 0.0467. The fraction of sp³-hybridized carbons (Fsp3) is 0.400. The Hall–Kier alpha value is -3.26. The molecule has 2 aromatic heterocycles. The van der Waals surface area contributed by atoms with Gasteiger partial charge in [-0.2, -0.15) is 5.10 Å². The zero-order valence-corrected chi connectivity index (χ0v) is 19.2. The lowest BCUT2D eigenvalue weighted by atomic mass is 10.1. The van der Waals surface area contributed by atoms with Crippen LogP contribution in [0.4, 0.5) is 4.39 Å². The van der Waals surface area contributed by atoms with Gasteiger partial charge in [0.25, 0.3) is 0 Å². The minimum absolute atomic E-state index is 0.227. The van der Waals surface area contributed by atoms with Gasteiger partial charge in [-0.25, -0.2) is 13.9 Å². The Balaban J connectivity index is 1.48. The average molecular weight is 454 g/mol. The molecule has 174 valence electrons. The van der Waals surface area contributed by atoms with Crippen molar-refractivity contribution in [3.8, 4) is 5.69 Å². The number of Topliss-reactive ketones (excluding diaryl/α,β-unsaturated/α-hetero) is 1. The van der Waals surface area contributed by atoms with Crippen LogP contribution in [0.3, 0.4) is 0 Å². The van der Waals surface area contributed by atoms with Crippen LogP contribution in [0.2, 0.25) is 0 Å². The lowest BCUT2D eigenvalue weighted by Crippen LogP contribution is -2.16. The number of ketones is 1. The molecular formula is C25H28FN3O4. The second-order valence-corrected chi connectivity index (χ2v) is 8.30. The number of carbonyl (C=O) groups excluding carboxylic acids is 2. The number of methoxy groups -OCH3 is 1. The summed E-state index contributed by atoms with van der Waals surface area (Å²) in [5.41, 5.74) is 5.07. The zero-order chi connectivity index (χ0) is 23.5. The van der Waals surface area contributed by atoms with Gasteiger partial charge in [0, 0.05) is 48.5 Å². The van der Waals surface area contributed by atoms with E-state index in [0.717, 1.165) is 54.9 Å². The number of benzene rings is 1. The number of carbonyl (C=O) groups is 2. The predicted molar refractivity (Wildman–Crippen MR) is 121 cm³/mol. The fourth-order valence-electron chi connectivity index (χ4n) is 4.47. The number of aryl methyl sites for hydroxylation is 1. The molecule has 0 saturated carbocycles. The number of hydrogen-bond acceptors (Lipinski definition) is 5. The number of esters is 1. The molecule has 0 radical (unpaired) electrons. The maximum absolute atomic E-state index is 13.3.